The van der Waals surface area contributed by atoms with Crippen molar-refractivity contribution >= 4 is 7.87 Å². The molecule has 0 unspecified atom stereocenters. The maximum atomic E-state index is 12.7. The first-order valence-corrected chi connectivity index (χ1v) is 13.8. The summed E-state index contributed by atoms with van der Waals surface area (Å²) in [7, 11) is -3.89. The van der Waals surface area contributed by atoms with Crippen LogP contribution in [-0.2, 0) is 19.7 Å². The Bertz CT molecular complexity index is 1060. The molecule has 1 aliphatic heterocycles. The van der Waals surface area contributed by atoms with Crippen LogP contribution < -0.4 is 11.2 Å². The Labute approximate surface area is 210 Å². The third kappa shape index (κ3) is 6.38. The zero-order valence-corrected chi connectivity index (χ0v) is 22.0. The SMILES string of the molecule is CC(C)N(C(C)C)[PH](O)(CCC#N)O[C@H]1[C@@H](O)[C@](COCCC#N)(n2ccc(=O)[nH]c2=O)O[C@@H]1CO. The number of nitriles is 2. The fourth-order valence-electron chi connectivity index (χ4n) is 4.67. The first-order valence-electron chi connectivity index (χ1n) is 11.8. The topological polar surface area (TPSA) is 194 Å². The van der Waals surface area contributed by atoms with Crippen molar-refractivity contribution in [3.8, 4) is 12.1 Å². The minimum atomic E-state index is -3.89. The van der Waals surface area contributed by atoms with Gasteiger partial charge in [0.25, 0.3) is 0 Å². The number of ether oxygens (including phenoxy) is 2. The van der Waals surface area contributed by atoms with Gasteiger partial charge in [-0.15, -0.1) is 0 Å². The number of nitrogens with zero attached hydrogens (tertiary/aromatic N) is 4. The van der Waals surface area contributed by atoms with Crippen LogP contribution in [0.25, 0.3) is 0 Å². The quantitative estimate of drug-likeness (QED) is 0.195. The molecule has 4 N–H and O–H groups in total. The number of aromatic amines is 1. The maximum absolute atomic E-state index is 12.7. The standard InChI is InChI=1S/C22H36N5O8P/c1-15(2)27(16(3)4)36(32,12-6-9-24)35-19-17(13-28)34-22(20(19)30,14-33-11-5-8-23)26-10-7-18(29)25-21(26)31/h7,10,15-17,19-20,28,30,32,36H,5-6,11-14H2,1-4H3,(H,25,29,31)/t17-,19-,20-,22-/m1/s1. The van der Waals surface area contributed by atoms with E-state index in [0.717, 1.165) is 16.8 Å². The van der Waals surface area contributed by atoms with Crippen molar-refractivity contribution in [2.24, 2.45) is 0 Å². The van der Waals surface area contributed by atoms with E-state index in [4.69, 9.17) is 19.3 Å². The molecule has 1 fully saturated rings. The van der Waals surface area contributed by atoms with Crippen molar-refractivity contribution < 1.29 is 29.1 Å². The number of aromatic nitrogens is 2. The number of hydrogen-bond donors (Lipinski definition) is 4. The van der Waals surface area contributed by atoms with Crippen molar-refractivity contribution in [3.63, 3.8) is 0 Å². The van der Waals surface area contributed by atoms with Crippen LogP contribution >= 0.6 is 7.87 Å². The molecule has 2 rings (SSSR count). The van der Waals surface area contributed by atoms with Gasteiger partial charge in [0, 0.05) is 0 Å². The summed E-state index contributed by atoms with van der Waals surface area (Å²) < 4.78 is 20.4. The molecule has 2 heterocycles. The third-order valence-corrected chi connectivity index (χ3v) is 9.37. The Balaban J connectivity index is 2.57. The zero-order chi connectivity index (χ0) is 27.1. The molecule has 0 aromatic carbocycles. The summed E-state index contributed by atoms with van der Waals surface area (Å²) >= 11 is 0. The fraction of sp³-hybridized carbons (Fsp3) is 0.727. The molecule has 0 radical (unpaired) electrons. The number of aliphatic hydroxyl groups excluding tert-OH is 2. The van der Waals surface area contributed by atoms with E-state index in [0.29, 0.717) is 0 Å². The van der Waals surface area contributed by atoms with Gasteiger partial charge in [0.2, 0.25) is 0 Å². The first kappa shape index (κ1) is 30.0. The van der Waals surface area contributed by atoms with Crippen molar-refractivity contribution in [1.82, 2.24) is 14.2 Å². The summed E-state index contributed by atoms with van der Waals surface area (Å²) in [6, 6.07) is 4.65. The van der Waals surface area contributed by atoms with Crippen molar-refractivity contribution in [2.75, 3.05) is 26.0 Å². The van der Waals surface area contributed by atoms with Gasteiger partial charge in [0.05, 0.1) is 0 Å². The van der Waals surface area contributed by atoms with Gasteiger partial charge in [-0.2, -0.15) is 0 Å². The summed E-state index contributed by atoms with van der Waals surface area (Å²) in [5, 5.41) is 39.6. The molecular weight excluding hydrogens is 493 g/mol. The molecule has 1 aromatic heterocycles. The summed E-state index contributed by atoms with van der Waals surface area (Å²) in [5.41, 5.74) is -3.51. The van der Waals surface area contributed by atoms with Crippen LogP contribution in [-0.4, -0.2) is 85.7 Å². The van der Waals surface area contributed by atoms with E-state index >= 15 is 0 Å². The first-order chi connectivity index (χ1) is 17.0. The molecule has 1 saturated heterocycles. The summed E-state index contributed by atoms with van der Waals surface area (Å²) in [5.74, 6) is 0. The average Bonchev–Trinajstić information content (AvgIpc) is 3.06. The molecule has 14 heteroatoms. The molecule has 1 aliphatic rings. The molecule has 0 spiro atoms. The van der Waals surface area contributed by atoms with Crippen LogP contribution in [0.2, 0.25) is 0 Å². The van der Waals surface area contributed by atoms with Crippen LogP contribution in [0.4, 0.5) is 0 Å². The molecule has 0 amide bonds. The number of rotatable bonds is 13. The molecule has 4 atom stereocenters. The molecule has 0 saturated carbocycles. The van der Waals surface area contributed by atoms with Gasteiger partial charge < -0.3 is 0 Å². The second-order valence-electron chi connectivity index (χ2n) is 9.15. The Morgan fingerprint density at radius 2 is 1.89 bits per heavy atom. The van der Waals surface area contributed by atoms with Gasteiger partial charge in [-0.3, -0.25) is 0 Å². The second-order valence-corrected chi connectivity index (χ2v) is 11.9. The average molecular weight is 530 g/mol. The van der Waals surface area contributed by atoms with Gasteiger partial charge >= 0.3 is 210 Å². The Kier molecular flexibility index (Phi) is 10.7. The molecule has 0 bridgehead atoms. The summed E-state index contributed by atoms with van der Waals surface area (Å²) in [6.45, 7) is 6.38. The van der Waals surface area contributed by atoms with Crippen LogP contribution in [0, 0.1) is 22.7 Å². The Hall–Kier alpha value is -2.19. The number of hydrogen-bond acceptors (Lipinski definition) is 11. The fourth-order valence-corrected chi connectivity index (χ4v) is 7.93. The number of H-pyrrole nitrogens is 1. The molecule has 202 valence electrons. The minimum absolute atomic E-state index is 0.00546. The van der Waals surface area contributed by atoms with Gasteiger partial charge in [-0.05, 0) is 0 Å². The van der Waals surface area contributed by atoms with Crippen molar-refractivity contribution in [2.45, 2.75) is 76.7 Å². The summed E-state index contributed by atoms with van der Waals surface area (Å²) in [6.07, 6.45) is -3.00. The predicted octanol–water partition coefficient (Wildman–Crippen LogP) is -0.223. The Morgan fingerprint density at radius 3 is 2.42 bits per heavy atom. The zero-order valence-electron chi connectivity index (χ0n) is 21.0. The van der Waals surface area contributed by atoms with Crippen molar-refractivity contribution in [3.05, 3.63) is 33.1 Å². The van der Waals surface area contributed by atoms with Crippen LogP contribution in [0.15, 0.2) is 21.9 Å². The monoisotopic (exact) mass is 529 g/mol. The van der Waals surface area contributed by atoms with E-state index in [-0.39, 0.29) is 37.7 Å². The molecule has 13 nitrogen and oxygen atoms in total. The van der Waals surface area contributed by atoms with Gasteiger partial charge in [-0.25, -0.2) is 0 Å². The third-order valence-electron chi connectivity index (χ3n) is 5.98. The number of nitrogens with one attached hydrogen (secondary N) is 1. The predicted molar refractivity (Wildman–Crippen MR) is 131 cm³/mol. The summed E-state index contributed by atoms with van der Waals surface area (Å²) in [4.78, 5) is 38.2. The number of aliphatic hydroxyl groups is 2. The van der Waals surface area contributed by atoms with Gasteiger partial charge in [0.1, 0.15) is 0 Å². The second kappa shape index (κ2) is 12.9. The molecule has 0 aliphatic carbocycles. The van der Waals surface area contributed by atoms with E-state index < -0.39 is 56.4 Å². The normalized spacial score (nSPS) is 24.8. The molecular formula is C22H36N5O8P. The van der Waals surface area contributed by atoms with Gasteiger partial charge in [-0.1, -0.05) is 0 Å². The molecule has 36 heavy (non-hydrogen) atoms. The van der Waals surface area contributed by atoms with E-state index in [1.54, 1.807) is 4.67 Å². The van der Waals surface area contributed by atoms with Crippen LogP contribution in [0.1, 0.15) is 40.5 Å². The van der Waals surface area contributed by atoms with Crippen molar-refractivity contribution in [1.29, 1.82) is 10.5 Å². The van der Waals surface area contributed by atoms with E-state index in [1.165, 1.54) is 0 Å². The molecule has 1 aromatic rings. The van der Waals surface area contributed by atoms with Gasteiger partial charge in [0.15, 0.2) is 0 Å². The van der Waals surface area contributed by atoms with E-state index in [9.17, 15) is 30.0 Å². The Morgan fingerprint density at radius 1 is 1.25 bits per heavy atom. The van der Waals surface area contributed by atoms with E-state index in [1.807, 2.05) is 39.8 Å². The van der Waals surface area contributed by atoms with Crippen LogP contribution in [0.5, 0.6) is 0 Å². The van der Waals surface area contributed by atoms with Crippen LogP contribution in [0.3, 0.4) is 0 Å². The van der Waals surface area contributed by atoms with E-state index in [2.05, 4.69) is 4.98 Å².